The topological polar surface area (TPSA) is 47.7 Å². The van der Waals surface area contributed by atoms with E-state index in [4.69, 9.17) is 26.8 Å². The number of anilines is 1. The van der Waals surface area contributed by atoms with Crippen molar-refractivity contribution in [2.75, 3.05) is 38.3 Å². The molecule has 1 aliphatic heterocycles. The van der Waals surface area contributed by atoms with E-state index in [1.807, 2.05) is 6.07 Å². The number of hydrogen-bond donors (Lipinski definition) is 1. The molecule has 140 valence electrons. The standard InChI is InChI=1S/C21H27ClN2O2/c1-25-12-13-26-19-8-9-20-17(14-19)5-4-16-6-7-18(22)15-21(16)24(20)11-3-2-10-23/h5-9,15H,2-4,10-14,23H2,1H3. The van der Waals surface area contributed by atoms with E-state index in [1.54, 1.807) is 7.11 Å². The van der Waals surface area contributed by atoms with Gasteiger partial charge in [-0.2, -0.15) is 0 Å². The third-order valence-corrected chi connectivity index (χ3v) is 4.96. The smallest absolute Gasteiger partial charge is 0.111 e. The van der Waals surface area contributed by atoms with E-state index < -0.39 is 0 Å². The fourth-order valence-electron chi connectivity index (χ4n) is 3.39. The van der Waals surface area contributed by atoms with Crippen LogP contribution in [0, 0.1) is 0 Å². The normalized spacial score (nSPS) is 16.1. The summed E-state index contributed by atoms with van der Waals surface area (Å²) in [6.07, 6.45) is 10.3. The van der Waals surface area contributed by atoms with Crippen LogP contribution in [-0.2, 0) is 15.9 Å². The second-order valence-electron chi connectivity index (χ2n) is 6.56. The summed E-state index contributed by atoms with van der Waals surface area (Å²) in [4.78, 5) is 2.39. The van der Waals surface area contributed by atoms with Crippen molar-refractivity contribution < 1.29 is 9.47 Å². The minimum Gasteiger partial charge on any atom is -0.495 e. The highest BCUT2D eigenvalue weighted by atomic mass is 35.5. The van der Waals surface area contributed by atoms with Gasteiger partial charge in [0.25, 0.3) is 0 Å². The van der Waals surface area contributed by atoms with Crippen molar-refractivity contribution in [2.45, 2.75) is 25.7 Å². The van der Waals surface area contributed by atoms with E-state index in [-0.39, 0.29) is 0 Å². The number of halogens is 1. The lowest BCUT2D eigenvalue weighted by atomic mass is 10.0. The van der Waals surface area contributed by atoms with Crippen LogP contribution < -0.4 is 10.6 Å². The summed E-state index contributed by atoms with van der Waals surface area (Å²) in [5, 5.41) is 0.770. The number of methoxy groups -OCH3 is 1. The maximum atomic E-state index is 6.30. The number of allylic oxidation sites excluding steroid dienone is 5. The molecule has 0 saturated carbocycles. The molecule has 0 saturated heterocycles. The Kier molecular flexibility index (Phi) is 6.78. The molecule has 0 aromatic heterocycles. The molecule has 2 N–H and O–H groups in total. The molecule has 0 atom stereocenters. The van der Waals surface area contributed by atoms with Gasteiger partial charge in [0.1, 0.15) is 12.4 Å². The Hall–Kier alpha value is -1.75. The van der Waals surface area contributed by atoms with Crippen molar-refractivity contribution in [2.24, 2.45) is 5.73 Å². The number of benzene rings is 1. The third kappa shape index (κ3) is 4.50. The maximum Gasteiger partial charge on any atom is 0.111 e. The maximum absolute atomic E-state index is 6.30. The molecule has 2 aliphatic rings. The fourth-order valence-corrected chi connectivity index (χ4v) is 3.56. The summed E-state index contributed by atoms with van der Waals surface area (Å²) < 4.78 is 10.9. The van der Waals surface area contributed by atoms with Gasteiger partial charge in [0.15, 0.2) is 0 Å². The van der Waals surface area contributed by atoms with Gasteiger partial charge in [-0.15, -0.1) is 0 Å². The van der Waals surface area contributed by atoms with Gasteiger partial charge in [-0.1, -0.05) is 23.7 Å². The van der Waals surface area contributed by atoms with Crippen molar-refractivity contribution in [3.8, 4) is 0 Å². The highest BCUT2D eigenvalue weighted by Crippen LogP contribution is 2.37. The number of ether oxygens (including phenoxy) is 2. The van der Waals surface area contributed by atoms with Crippen LogP contribution in [-0.4, -0.2) is 33.4 Å². The molecule has 1 aromatic carbocycles. The summed E-state index contributed by atoms with van der Waals surface area (Å²) in [6.45, 7) is 2.83. The number of rotatable bonds is 8. The van der Waals surface area contributed by atoms with Crippen LogP contribution in [0.1, 0.15) is 24.8 Å². The van der Waals surface area contributed by atoms with Crippen LogP contribution in [0.3, 0.4) is 0 Å². The first-order valence-electron chi connectivity index (χ1n) is 9.21. The SMILES string of the molecule is COCCOC1=CC=C2C(=CCc3ccc(Cl)cc3N2CCCCN)C1. The zero-order valence-corrected chi connectivity index (χ0v) is 16.1. The summed E-state index contributed by atoms with van der Waals surface area (Å²) in [5.41, 5.74) is 10.7. The summed E-state index contributed by atoms with van der Waals surface area (Å²) in [5.74, 6) is 0.989. The van der Waals surface area contributed by atoms with Crippen LogP contribution in [0.5, 0.6) is 0 Å². The van der Waals surface area contributed by atoms with E-state index in [1.165, 1.54) is 22.5 Å². The van der Waals surface area contributed by atoms with Crippen LogP contribution in [0.25, 0.3) is 0 Å². The Morgan fingerprint density at radius 3 is 2.88 bits per heavy atom. The first-order chi connectivity index (χ1) is 12.7. The van der Waals surface area contributed by atoms with E-state index in [2.05, 4.69) is 35.3 Å². The average Bonchev–Trinajstić information content (AvgIpc) is 2.79. The van der Waals surface area contributed by atoms with Crippen LogP contribution in [0.4, 0.5) is 5.69 Å². The second kappa shape index (κ2) is 9.26. The first-order valence-corrected chi connectivity index (χ1v) is 9.58. The highest BCUT2D eigenvalue weighted by molar-refractivity contribution is 6.30. The number of nitrogens with two attached hydrogens (primary N) is 1. The van der Waals surface area contributed by atoms with Crippen molar-refractivity contribution in [1.29, 1.82) is 0 Å². The van der Waals surface area contributed by atoms with E-state index in [9.17, 15) is 0 Å². The predicted octanol–water partition coefficient (Wildman–Crippen LogP) is 4.20. The highest BCUT2D eigenvalue weighted by Gasteiger charge is 2.24. The van der Waals surface area contributed by atoms with Gasteiger partial charge in [-0.05, 0) is 61.2 Å². The molecule has 1 aliphatic carbocycles. The first kappa shape index (κ1) is 19.0. The molecule has 1 aromatic rings. The lowest BCUT2D eigenvalue weighted by Gasteiger charge is -2.31. The second-order valence-corrected chi connectivity index (χ2v) is 6.99. The molecular formula is C21H27ClN2O2. The van der Waals surface area contributed by atoms with Gasteiger partial charge < -0.3 is 20.1 Å². The van der Waals surface area contributed by atoms with Gasteiger partial charge in [-0.25, -0.2) is 0 Å². The molecule has 3 rings (SSSR count). The molecule has 0 bridgehead atoms. The van der Waals surface area contributed by atoms with Crippen molar-refractivity contribution >= 4 is 17.3 Å². The zero-order valence-electron chi connectivity index (χ0n) is 15.3. The van der Waals surface area contributed by atoms with Gasteiger partial charge >= 0.3 is 0 Å². The molecule has 0 fully saturated rings. The van der Waals surface area contributed by atoms with Gasteiger partial charge in [-0.3, -0.25) is 0 Å². The largest absolute Gasteiger partial charge is 0.495 e. The van der Waals surface area contributed by atoms with Gasteiger partial charge in [0.2, 0.25) is 0 Å². The van der Waals surface area contributed by atoms with E-state index >= 15 is 0 Å². The average molecular weight is 375 g/mol. The van der Waals surface area contributed by atoms with E-state index in [0.717, 1.165) is 49.6 Å². The lowest BCUT2D eigenvalue weighted by Crippen LogP contribution is -2.26. The van der Waals surface area contributed by atoms with Crippen molar-refractivity contribution in [1.82, 2.24) is 0 Å². The Morgan fingerprint density at radius 2 is 2.08 bits per heavy atom. The molecule has 0 spiro atoms. The van der Waals surface area contributed by atoms with Gasteiger partial charge in [0, 0.05) is 36.5 Å². The minimum absolute atomic E-state index is 0.578. The number of fused-ring (bicyclic) bond motifs is 2. The Morgan fingerprint density at radius 1 is 1.19 bits per heavy atom. The molecule has 0 unspecified atom stereocenters. The Balaban J connectivity index is 1.89. The number of unbranched alkanes of at least 4 members (excludes halogenated alkanes) is 1. The molecule has 0 radical (unpaired) electrons. The predicted molar refractivity (Wildman–Crippen MR) is 107 cm³/mol. The molecular weight excluding hydrogens is 348 g/mol. The van der Waals surface area contributed by atoms with Crippen molar-refractivity contribution in [3.63, 3.8) is 0 Å². The summed E-state index contributed by atoms with van der Waals surface area (Å²) in [7, 11) is 1.69. The number of nitrogens with zero attached hydrogens (tertiary/aromatic N) is 1. The molecule has 26 heavy (non-hydrogen) atoms. The zero-order chi connectivity index (χ0) is 18.4. The molecule has 0 amide bonds. The lowest BCUT2D eigenvalue weighted by molar-refractivity contribution is 0.107. The molecule has 5 heteroatoms. The molecule has 1 heterocycles. The van der Waals surface area contributed by atoms with Gasteiger partial charge in [0.05, 0.1) is 6.61 Å². The quantitative estimate of drug-likeness (QED) is 0.693. The summed E-state index contributed by atoms with van der Waals surface area (Å²) in [6, 6.07) is 6.18. The third-order valence-electron chi connectivity index (χ3n) is 4.73. The monoisotopic (exact) mass is 374 g/mol. The summed E-state index contributed by atoms with van der Waals surface area (Å²) >= 11 is 6.30. The van der Waals surface area contributed by atoms with Crippen LogP contribution in [0.2, 0.25) is 5.02 Å². The van der Waals surface area contributed by atoms with Crippen molar-refractivity contribution in [3.05, 3.63) is 64.0 Å². The fraction of sp³-hybridized carbons (Fsp3) is 0.429. The van der Waals surface area contributed by atoms with E-state index in [0.29, 0.717) is 13.2 Å². The molecule has 4 nitrogen and oxygen atoms in total. The Bertz CT molecular complexity index is 725. The van der Waals surface area contributed by atoms with Crippen LogP contribution >= 0.6 is 11.6 Å². The van der Waals surface area contributed by atoms with Crippen LogP contribution in [0.15, 0.2) is 53.5 Å². The number of hydrogen-bond acceptors (Lipinski definition) is 4. The minimum atomic E-state index is 0.578. The Labute approximate surface area is 160 Å².